The molecule has 14 nitrogen and oxygen atoms in total. The highest BCUT2D eigenvalue weighted by atomic mass is 35.5. The Morgan fingerprint density at radius 1 is 1.05 bits per heavy atom. The van der Waals surface area contributed by atoms with E-state index >= 15 is 0 Å². The van der Waals surface area contributed by atoms with Gasteiger partial charge in [-0.1, -0.05) is 17.7 Å². The fraction of sp³-hybridized carbons (Fsp3) is 0.381. The molecule has 0 aliphatic rings. The Kier molecular flexibility index (Phi) is 7.65. The third kappa shape index (κ3) is 5.52. The van der Waals surface area contributed by atoms with Gasteiger partial charge in [0, 0.05) is 32.6 Å². The Morgan fingerprint density at radius 2 is 1.78 bits per heavy atom. The first kappa shape index (κ1) is 26.4. The molecule has 0 aliphatic heterocycles. The van der Waals surface area contributed by atoms with Crippen molar-refractivity contribution in [2.75, 3.05) is 18.9 Å². The van der Waals surface area contributed by atoms with E-state index in [1.165, 1.54) is 33.5 Å². The molecule has 4 rings (SSSR count). The summed E-state index contributed by atoms with van der Waals surface area (Å²) in [4.78, 5) is 16.9. The molecular formula is C21H25ClN10O4S. The van der Waals surface area contributed by atoms with Crippen molar-refractivity contribution in [2.45, 2.75) is 31.2 Å². The lowest BCUT2D eigenvalue weighted by molar-refractivity contribution is 0.0950. The van der Waals surface area contributed by atoms with E-state index in [9.17, 15) is 8.42 Å². The molecule has 0 saturated carbocycles. The van der Waals surface area contributed by atoms with Crippen LogP contribution in [-0.2, 0) is 21.8 Å². The standard InChI is InChI=1S/C21H25ClN10O4S/c1-12(18-25-11-31(3)29-18)32-20(15-7-6-8-16(26-15)35-4)27-28-21(32)30-37(33,34)13(2)17(36-5)19-23-9-14(22)10-24-19/h6-13,17H,1-5H3,(H,28,30)/t12-,13+,17+/m1/s1. The number of sulfonamides is 1. The van der Waals surface area contributed by atoms with E-state index in [2.05, 4.69) is 40.0 Å². The second kappa shape index (κ2) is 10.7. The average molecular weight is 549 g/mol. The number of halogens is 1. The lowest BCUT2D eigenvalue weighted by atomic mass is 10.2. The molecular weight excluding hydrogens is 524 g/mol. The van der Waals surface area contributed by atoms with Crippen molar-refractivity contribution < 1.29 is 17.9 Å². The second-order valence-electron chi connectivity index (χ2n) is 8.00. The van der Waals surface area contributed by atoms with Crippen molar-refractivity contribution in [3.63, 3.8) is 0 Å². The third-order valence-electron chi connectivity index (χ3n) is 5.53. The van der Waals surface area contributed by atoms with Crippen LogP contribution in [0, 0.1) is 0 Å². The van der Waals surface area contributed by atoms with Crippen molar-refractivity contribution >= 4 is 27.6 Å². The van der Waals surface area contributed by atoms with Crippen LogP contribution in [0.25, 0.3) is 11.5 Å². The number of hydrogen-bond donors (Lipinski definition) is 1. The number of anilines is 1. The highest BCUT2D eigenvalue weighted by molar-refractivity contribution is 7.93. The molecule has 16 heteroatoms. The molecule has 0 bridgehead atoms. The maximum absolute atomic E-state index is 13.5. The minimum Gasteiger partial charge on any atom is -0.481 e. The molecule has 1 N–H and O–H groups in total. The molecule has 37 heavy (non-hydrogen) atoms. The van der Waals surface area contributed by atoms with Gasteiger partial charge in [0.15, 0.2) is 17.5 Å². The largest absolute Gasteiger partial charge is 0.481 e. The van der Waals surface area contributed by atoms with Crippen molar-refractivity contribution in [1.29, 1.82) is 0 Å². The van der Waals surface area contributed by atoms with Gasteiger partial charge in [0.25, 0.3) is 0 Å². The zero-order chi connectivity index (χ0) is 26.7. The van der Waals surface area contributed by atoms with Gasteiger partial charge in [0.2, 0.25) is 21.9 Å². The van der Waals surface area contributed by atoms with Crippen LogP contribution < -0.4 is 9.46 Å². The summed E-state index contributed by atoms with van der Waals surface area (Å²) in [7, 11) is 0.499. The van der Waals surface area contributed by atoms with Gasteiger partial charge in [-0.15, -0.1) is 10.2 Å². The smallest absolute Gasteiger partial charge is 0.240 e. The summed E-state index contributed by atoms with van der Waals surface area (Å²) in [5.74, 6) is 1.17. The number of aromatic nitrogens is 9. The molecule has 0 spiro atoms. The molecule has 0 saturated heterocycles. The Morgan fingerprint density at radius 3 is 2.41 bits per heavy atom. The van der Waals surface area contributed by atoms with Crippen LogP contribution in [0.3, 0.4) is 0 Å². The van der Waals surface area contributed by atoms with Crippen LogP contribution in [0.2, 0.25) is 5.02 Å². The Labute approximate surface area is 218 Å². The number of nitrogens with zero attached hydrogens (tertiary/aromatic N) is 9. The molecule has 0 unspecified atom stereocenters. The molecule has 4 aromatic rings. The van der Waals surface area contributed by atoms with Crippen molar-refractivity contribution in [1.82, 2.24) is 44.5 Å². The van der Waals surface area contributed by atoms with E-state index in [1.54, 1.807) is 47.7 Å². The number of hydrogen-bond acceptors (Lipinski definition) is 11. The van der Waals surface area contributed by atoms with Gasteiger partial charge >= 0.3 is 0 Å². The third-order valence-corrected chi connectivity index (χ3v) is 7.42. The summed E-state index contributed by atoms with van der Waals surface area (Å²) >= 11 is 5.87. The first-order chi connectivity index (χ1) is 17.6. The van der Waals surface area contributed by atoms with Gasteiger partial charge in [0.05, 0.1) is 18.2 Å². The Hall–Kier alpha value is -3.69. The zero-order valence-corrected chi connectivity index (χ0v) is 22.2. The molecule has 196 valence electrons. The van der Waals surface area contributed by atoms with Crippen molar-refractivity contribution in [3.8, 4) is 17.4 Å². The summed E-state index contributed by atoms with van der Waals surface area (Å²) < 4.78 is 43.3. The number of pyridine rings is 1. The molecule has 3 atom stereocenters. The van der Waals surface area contributed by atoms with E-state index in [0.717, 1.165) is 0 Å². The van der Waals surface area contributed by atoms with Crippen LogP contribution in [0.15, 0.2) is 36.9 Å². The molecule has 0 fully saturated rings. The predicted molar refractivity (Wildman–Crippen MR) is 133 cm³/mol. The van der Waals surface area contributed by atoms with Crippen LogP contribution >= 0.6 is 11.6 Å². The number of ether oxygens (including phenoxy) is 2. The monoisotopic (exact) mass is 548 g/mol. The number of methoxy groups -OCH3 is 2. The van der Waals surface area contributed by atoms with Gasteiger partial charge < -0.3 is 9.47 Å². The number of nitrogens with one attached hydrogen (secondary N) is 1. The fourth-order valence-corrected chi connectivity index (χ4v) is 4.81. The van der Waals surface area contributed by atoms with Gasteiger partial charge in [-0.05, 0) is 19.9 Å². The van der Waals surface area contributed by atoms with Crippen LogP contribution in [0.5, 0.6) is 5.88 Å². The lowest BCUT2D eigenvalue weighted by Gasteiger charge is -2.23. The topological polar surface area (TPSA) is 165 Å². The number of rotatable bonds is 10. The molecule has 4 heterocycles. The van der Waals surface area contributed by atoms with Gasteiger partial charge in [0.1, 0.15) is 23.4 Å². The summed E-state index contributed by atoms with van der Waals surface area (Å²) in [6, 6.07) is 4.57. The predicted octanol–water partition coefficient (Wildman–Crippen LogP) is 2.05. The minimum atomic E-state index is -4.10. The van der Waals surface area contributed by atoms with Gasteiger partial charge in [-0.25, -0.2) is 28.4 Å². The maximum Gasteiger partial charge on any atom is 0.240 e. The summed E-state index contributed by atoms with van der Waals surface area (Å²) in [6.07, 6.45) is 3.30. The Bertz CT molecular complexity index is 1470. The molecule has 0 aromatic carbocycles. The van der Waals surface area contributed by atoms with E-state index in [-0.39, 0.29) is 17.6 Å². The van der Waals surface area contributed by atoms with Crippen LogP contribution in [0.1, 0.15) is 37.6 Å². The van der Waals surface area contributed by atoms with Crippen molar-refractivity contribution in [2.24, 2.45) is 7.05 Å². The number of aryl methyl sites for hydroxylation is 1. The first-order valence-electron chi connectivity index (χ1n) is 11.0. The second-order valence-corrected chi connectivity index (χ2v) is 10.5. The summed E-state index contributed by atoms with van der Waals surface area (Å²) in [6.45, 7) is 3.27. The van der Waals surface area contributed by atoms with E-state index < -0.39 is 27.4 Å². The lowest BCUT2D eigenvalue weighted by Crippen LogP contribution is -2.33. The highest BCUT2D eigenvalue weighted by Crippen LogP contribution is 2.30. The maximum atomic E-state index is 13.5. The zero-order valence-electron chi connectivity index (χ0n) is 20.6. The minimum absolute atomic E-state index is 0.0571. The summed E-state index contributed by atoms with van der Waals surface area (Å²) in [5.41, 5.74) is 0.414. The van der Waals surface area contributed by atoms with Crippen LogP contribution in [0.4, 0.5) is 5.95 Å². The van der Waals surface area contributed by atoms with E-state index in [4.69, 9.17) is 21.1 Å². The van der Waals surface area contributed by atoms with Crippen molar-refractivity contribution in [3.05, 3.63) is 53.6 Å². The molecule has 0 radical (unpaired) electrons. The van der Waals surface area contributed by atoms with Gasteiger partial charge in [-0.2, -0.15) is 5.10 Å². The summed E-state index contributed by atoms with van der Waals surface area (Å²) in [5, 5.41) is 11.9. The van der Waals surface area contributed by atoms with E-state index in [1.807, 2.05) is 0 Å². The van der Waals surface area contributed by atoms with E-state index in [0.29, 0.717) is 22.4 Å². The van der Waals surface area contributed by atoms with Gasteiger partial charge in [-0.3, -0.25) is 14.0 Å². The SMILES string of the molecule is COc1cccc(-c2nnc(NS(=O)(=O)[C@@H](C)[C@H](OC)c3ncc(Cl)cn3)n2[C@H](C)c2ncn(C)n2)n1. The normalized spacial score (nSPS) is 14.2. The Balaban J connectivity index is 1.74. The average Bonchev–Trinajstić information content (AvgIpc) is 3.51. The highest BCUT2D eigenvalue weighted by Gasteiger charge is 2.35. The quantitative estimate of drug-likeness (QED) is 0.308. The molecule has 4 aromatic heterocycles. The molecule has 0 amide bonds. The fourth-order valence-electron chi connectivity index (χ4n) is 3.58. The van der Waals surface area contributed by atoms with Crippen LogP contribution in [-0.4, -0.2) is 72.4 Å². The molecule has 0 aliphatic carbocycles. The first-order valence-corrected chi connectivity index (χ1v) is 12.9.